The van der Waals surface area contributed by atoms with Crippen LogP contribution in [0.25, 0.3) is 0 Å². The van der Waals surface area contributed by atoms with Gasteiger partial charge >= 0.3 is 20.0 Å². The van der Waals surface area contributed by atoms with Crippen LogP contribution in [0.1, 0.15) is 33.6 Å². The van der Waals surface area contributed by atoms with Crippen LogP contribution in [0.4, 0.5) is 0 Å². The summed E-state index contributed by atoms with van der Waals surface area (Å²) >= 11 is 0. The summed E-state index contributed by atoms with van der Waals surface area (Å²) in [4.78, 5) is 11.2. The molecule has 0 atom stereocenters. The number of nitroso groups, excluding NO2 is 1. The fourth-order valence-corrected chi connectivity index (χ4v) is 3.88. The highest BCUT2D eigenvalue weighted by atomic mass is 32.3. The maximum absolute atomic E-state index is 11.3. The quantitative estimate of drug-likeness (QED) is 0.652. The molecule has 0 aliphatic carbocycles. The molecule has 0 radical (unpaired) electrons. The van der Waals surface area contributed by atoms with Crippen LogP contribution in [-0.4, -0.2) is 31.4 Å². The van der Waals surface area contributed by atoms with Gasteiger partial charge in [0.15, 0.2) is 0 Å². The topological polar surface area (TPSA) is 88.4 Å². The molecule has 0 aromatic carbocycles. The van der Waals surface area contributed by atoms with Crippen LogP contribution in [-0.2, 0) is 20.0 Å². The van der Waals surface area contributed by atoms with Crippen LogP contribution in [0.2, 0.25) is 0 Å². The molecular weight excluding hydrogens is 242 g/mol. The van der Waals surface area contributed by atoms with Crippen molar-refractivity contribution in [2.75, 3.05) is 5.75 Å². The average Bonchev–Trinajstić information content (AvgIpc) is 2.13. The Balaban J connectivity index is 5.04. The Bertz CT molecular complexity index is 420. The lowest BCUT2D eigenvalue weighted by molar-refractivity contribution is -0.205. The van der Waals surface area contributed by atoms with E-state index in [1.54, 1.807) is 6.92 Å². The molecular formula is C7H16NO5S2+. The van der Waals surface area contributed by atoms with Gasteiger partial charge in [-0.2, -0.15) is 16.8 Å². The van der Waals surface area contributed by atoms with Crippen molar-refractivity contribution in [1.29, 1.82) is 0 Å². The van der Waals surface area contributed by atoms with E-state index in [1.807, 2.05) is 0 Å². The van der Waals surface area contributed by atoms with Crippen LogP contribution < -0.4 is 0 Å². The van der Waals surface area contributed by atoms with E-state index in [-0.39, 0.29) is 6.42 Å². The Hall–Kier alpha value is -0.500. The van der Waals surface area contributed by atoms with Gasteiger partial charge in [-0.1, -0.05) is 13.3 Å². The number of sulfonamides is 2. The maximum atomic E-state index is 11.3. The lowest BCUT2D eigenvalue weighted by Gasteiger charge is -1.98. The summed E-state index contributed by atoms with van der Waals surface area (Å²) in [5.41, 5.74) is 0. The first-order valence-corrected chi connectivity index (χ1v) is 7.71. The van der Waals surface area contributed by atoms with Gasteiger partial charge in [-0.3, -0.25) is 0 Å². The second-order valence-corrected chi connectivity index (χ2v) is 7.87. The van der Waals surface area contributed by atoms with Gasteiger partial charge in [0.1, 0.15) is 11.0 Å². The smallest absolute Gasteiger partial charge is 0.158 e. The first-order chi connectivity index (χ1) is 6.66. The Morgan fingerprint density at radius 3 is 1.93 bits per heavy atom. The standard InChI is InChI=1S/C7H16NO5S2/c1-4-5-6-14(10,11)8(9)15(12,13)7(2)3/h7H,4-6H2,1-3H3/q+1. The van der Waals surface area contributed by atoms with Crippen LogP contribution in [0, 0.1) is 4.91 Å². The van der Waals surface area contributed by atoms with Gasteiger partial charge in [-0.05, 0) is 20.3 Å². The van der Waals surface area contributed by atoms with Crippen molar-refractivity contribution < 1.29 is 20.4 Å². The summed E-state index contributed by atoms with van der Waals surface area (Å²) in [6, 6.07) is 0. The first kappa shape index (κ1) is 14.5. The van der Waals surface area contributed by atoms with E-state index in [0.717, 1.165) is 0 Å². The molecule has 8 heteroatoms. The summed E-state index contributed by atoms with van der Waals surface area (Å²) in [6.07, 6.45) is 0.851. The van der Waals surface area contributed by atoms with E-state index < -0.39 is 34.6 Å². The normalized spacial score (nSPS) is 13.1. The van der Waals surface area contributed by atoms with Crippen LogP contribution in [0.15, 0.2) is 0 Å². The minimum absolute atomic E-state index is 0.273. The minimum Gasteiger partial charge on any atom is -0.158 e. The van der Waals surface area contributed by atoms with E-state index in [2.05, 4.69) is 0 Å². The molecule has 0 aromatic rings. The molecule has 0 rings (SSSR count). The van der Waals surface area contributed by atoms with Crippen molar-refractivity contribution in [3.63, 3.8) is 0 Å². The Labute approximate surface area is 90.4 Å². The molecule has 0 aliphatic heterocycles. The molecule has 0 fully saturated rings. The maximum Gasteiger partial charge on any atom is 0.427 e. The van der Waals surface area contributed by atoms with Crippen LogP contribution in [0.5, 0.6) is 0 Å². The van der Waals surface area contributed by atoms with Crippen molar-refractivity contribution in [3.8, 4) is 0 Å². The van der Waals surface area contributed by atoms with Gasteiger partial charge in [0.2, 0.25) is 3.57 Å². The highest BCUT2D eigenvalue weighted by Gasteiger charge is 2.44. The number of rotatable bonds is 6. The summed E-state index contributed by atoms with van der Waals surface area (Å²) in [5.74, 6) is -0.432. The lowest BCUT2D eigenvalue weighted by atomic mass is 10.4. The number of nitrogens with zero attached hydrogens (tertiary/aromatic N) is 1. The Morgan fingerprint density at radius 1 is 1.13 bits per heavy atom. The summed E-state index contributed by atoms with van der Waals surface area (Å²) < 4.78 is 44.3. The fourth-order valence-electron chi connectivity index (χ4n) is 0.732. The largest absolute Gasteiger partial charge is 0.427 e. The first-order valence-electron chi connectivity index (χ1n) is 4.60. The Morgan fingerprint density at radius 2 is 1.60 bits per heavy atom. The number of hydrogen-bond acceptors (Lipinski definition) is 5. The van der Waals surface area contributed by atoms with Gasteiger partial charge in [-0.15, -0.1) is 0 Å². The molecule has 0 bridgehead atoms. The molecule has 0 amide bonds. The predicted molar refractivity (Wildman–Crippen MR) is 56.4 cm³/mol. The summed E-state index contributed by atoms with van der Waals surface area (Å²) in [5, 5.41) is -1.04. The van der Waals surface area contributed by atoms with E-state index in [1.165, 1.54) is 13.8 Å². The van der Waals surface area contributed by atoms with Gasteiger partial charge in [-0.25, -0.2) is 0 Å². The molecule has 0 unspecified atom stereocenters. The van der Waals surface area contributed by atoms with Gasteiger partial charge in [0.05, 0.1) is 4.91 Å². The zero-order valence-corrected chi connectivity index (χ0v) is 10.6. The third-order valence-corrected chi connectivity index (χ3v) is 5.96. The minimum atomic E-state index is -4.28. The van der Waals surface area contributed by atoms with Crippen molar-refractivity contribution in [2.24, 2.45) is 0 Å². The van der Waals surface area contributed by atoms with Crippen LogP contribution in [0.3, 0.4) is 0 Å². The molecule has 15 heavy (non-hydrogen) atoms. The van der Waals surface area contributed by atoms with Gasteiger partial charge in [0, 0.05) is 0 Å². The molecule has 0 aliphatic rings. The van der Waals surface area contributed by atoms with Gasteiger partial charge < -0.3 is 0 Å². The van der Waals surface area contributed by atoms with Gasteiger partial charge in [0.25, 0.3) is 0 Å². The van der Waals surface area contributed by atoms with E-state index in [0.29, 0.717) is 6.42 Å². The zero-order valence-electron chi connectivity index (χ0n) is 9.00. The highest BCUT2D eigenvalue weighted by molar-refractivity contribution is 7.97. The second kappa shape index (κ2) is 5.02. The van der Waals surface area contributed by atoms with E-state index in [4.69, 9.17) is 0 Å². The van der Waals surface area contributed by atoms with Crippen LogP contribution >= 0.6 is 0 Å². The third-order valence-electron chi connectivity index (χ3n) is 1.79. The second-order valence-electron chi connectivity index (χ2n) is 3.43. The summed E-state index contributed by atoms with van der Waals surface area (Å²) in [7, 11) is -8.51. The highest BCUT2D eigenvalue weighted by Crippen LogP contribution is 2.09. The monoisotopic (exact) mass is 258 g/mol. The molecule has 0 N–H and O–H groups in total. The molecule has 0 aromatic heterocycles. The fraction of sp³-hybridized carbons (Fsp3) is 1.00. The molecule has 0 heterocycles. The van der Waals surface area contributed by atoms with E-state index in [9.17, 15) is 21.7 Å². The molecule has 90 valence electrons. The lowest BCUT2D eigenvalue weighted by Crippen LogP contribution is -2.32. The average molecular weight is 258 g/mol. The summed E-state index contributed by atoms with van der Waals surface area (Å²) in [6.45, 7) is 4.27. The molecule has 6 nitrogen and oxygen atoms in total. The number of unbranched alkanes of at least 4 members (excludes halogenated alkanes) is 1. The molecule has 0 saturated heterocycles. The SMILES string of the molecule is CCCCS(=O)(=O)[N+](=O)S(=O)(=O)C(C)C. The van der Waals surface area contributed by atoms with Crippen molar-refractivity contribution in [2.45, 2.75) is 38.9 Å². The van der Waals surface area contributed by atoms with Crippen molar-refractivity contribution >= 4 is 20.0 Å². The van der Waals surface area contributed by atoms with E-state index >= 15 is 0 Å². The third kappa shape index (κ3) is 3.53. The Kier molecular flexibility index (Phi) is 4.85. The van der Waals surface area contributed by atoms with Crippen molar-refractivity contribution in [3.05, 3.63) is 4.91 Å². The molecule has 0 spiro atoms. The number of hydrogen-bond donors (Lipinski definition) is 0. The predicted octanol–water partition coefficient (Wildman–Crippen LogP) is 0.633. The van der Waals surface area contributed by atoms with Crippen molar-refractivity contribution in [1.82, 2.24) is 0 Å². The zero-order chi connectivity index (χ0) is 12.3. The molecule has 0 saturated carbocycles.